The molecule has 4 aliphatic carbocycles. The van der Waals surface area contributed by atoms with E-state index in [1.807, 2.05) is 0 Å². The van der Waals surface area contributed by atoms with E-state index in [0.717, 1.165) is 44.1 Å². The Labute approximate surface area is 183 Å². The van der Waals surface area contributed by atoms with Gasteiger partial charge in [-0.1, -0.05) is 27.7 Å². The Bertz CT molecular complexity index is 730. The lowest BCUT2D eigenvalue weighted by atomic mass is 9.44. The van der Waals surface area contributed by atoms with Crippen LogP contribution in [0.5, 0.6) is 0 Å². The van der Waals surface area contributed by atoms with Gasteiger partial charge in [0.2, 0.25) is 0 Å². The molecular weight excluding hydrogens is 370 g/mol. The molecule has 5 aliphatic rings. The SMILES string of the molecule is C[C@H]1CCC([C@@H](C)[C@H]2CC[C@H]3[C@@H]4CC(=O)[C@H]5C[C@@H](O)CC[C@]5(C)[C@H]4CC[C@]23C)=NC1. The molecule has 1 N–H and O–H groups in total. The van der Waals surface area contributed by atoms with Crippen molar-refractivity contribution >= 4 is 11.5 Å². The van der Waals surface area contributed by atoms with Crippen molar-refractivity contribution in [2.24, 2.45) is 57.2 Å². The number of aliphatic hydroxyl groups excluding tert-OH is 1. The molecular formula is C27H43NO2. The number of carbonyl (C=O) groups excluding carboxylic acids is 1. The highest BCUT2D eigenvalue weighted by molar-refractivity contribution is 5.87. The quantitative estimate of drug-likeness (QED) is 0.632. The van der Waals surface area contributed by atoms with Crippen LogP contribution in [0, 0.1) is 52.3 Å². The van der Waals surface area contributed by atoms with Crippen molar-refractivity contribution in [2.75, 3.05) is 6.54 Å². The van der Waals surface area contributed by atoms with Gasteiger partial charge in [-0.25, -0.2) is 0 Å². The van der Waals surface area contributed by atoms with Gasteiger partial charge in [-0.2, -0.15) is 0 Å². The van der Waals surface area contributed by atoms with Crippen LogP contribution in [0.25, 0.3) is 0 Å². The summed E-state index contributed by atoms with van der Waals surface area (Å²) in [4.78, 5) is 18.3. The van der Waals surface area contributed by atoms with Gasteiger partial charge in [0.1, 0.15) is 5.78 Å². The van der Waals surface area contributed by atoms with E-state index in [0.29, 0.717) is 34.9 Å². The third kappa shape index (κ3) is 3.08. The summed E-state index contributed by atoms with van der Waals surface area (Å²) in [5.74, 6) is 4.66. The summed E-state index contributed by atoms with van der Waals surface area (Å²) in [5.41, 5.74) is 2.01. The highest BCUT2D eigenvalue weighted by atomic mass is 16.3. The summed E-state index contributed by atoms with van der Waals surface area (Å²) in [6, 6.07) is 0. The lowest BCUT2D eigenvalue weighted by Gasteiger charge is -2.60. The Morgan fingerprint density at radius 1 is 1.03 bits per heavy atom. The number of Topliss-reactive ketones (excluding diaryl/α,β-unsaturated/α-hetero) is 1. The van der Waals surface area contributed by atoms with Gasteiger partial charge in [0.15, 0.2) is 0 Å². The van der Waals surface area contributed by atoms with Crippen LogP contribution in [0.3, 0.4) is 0 Å². The summed E-state index contributed by atoms with van der Waals surface area (Å²) < 4.78 is 0. The van der Waals surface area contributed by atoms with Crippen molar-refractivity contribution in [2.45, 2.75) is 98.0 Å². The molecule has 0 amide bonds. The summed E-state index contributed by atoms with van der Waals surface area (Å²) in [7, 11) is 0. The van der Waals surface area contributed by atoms with E-state index in [-0.39, 0.29) is 17.4 Å². The number of aliphatic hydroxyl groups is 1. The van der Waals surface area contributed by atoms with Gasteiger partial charge < -0.3 is 5.11 Å². The lowest BCUT2D eigenvalue weighted by Crippen LogP contribution is -2.57. The Kier molecular flexibility index (Phi) is 5.24. The zero-order chi connectivity index (χ0) is 21.3. The molecule has 3 heteroatoms. The van der Waals surface area contributed by atoms with Crippen LogP contribution >= 0.6 is 0 Å². The number of fused-ring (bicyclic) bond motifs is 5. The second-order valence-electron chi connectivity index (χ2n) is 12.5. The summed E-state index contributed by atoms with van der Waals surface area (Å²) in [6.07, 6.45) is 11.0. The molecule has 1 heterocycles. The molecule has 0 radical (unpaired) electrons. The zero-order valence-electron chi connectivity index (χ0n) is 19.7. The molecule has 0 unspecified atom stereocenters. The standard InChI is InChI=1S/C27H43NO2/c1-16-5-8-24(28-15-16)17(2)20-6-7-21-19-14-25(30)23-13-18(29)9-11-27(23,4)22(19)10-12-26(20,21)3/h16-23,29H,5-15H2,1-4H3/t16-,17-,18-,19-,20+,21-,22-,23+,26+,27+/m0/s1. The molecule has 1 aliphatic heterocycles. The average Bonchev–Trinajstić information content (AvgIpc) is 3.07. The van der Waals surface area contributed by atoms with Crippen LogP contribution < -0.4 is 0 Å². The van der Waals surface area contributed by atoms with Gasteiger partial charge in [-0.15, -0.1) is 0 Å². The minimum absolute atomic E-state index is 0.113. The second-order valence-corrected chi connectivity index (χ2v) is 12.5. The number of ketones is 1. The largest absolute Gasteiger partial charge is 0.393 e. The van der Waals surface area contributed by atoms with Crippen LogP contribution in [0.2, 0.25) is 0 Å². The number of rotatable bonds is 2. The minimum Gasteiger partial charge on any atom is -0.393 e. The van der Waals surface area contributed by atoms with Gasteiger partial charge in [-0.05, 0) is 104 Å². The molecule has 0 aromatic heterocycles. The van der Waals surface area contributed by atoms with Crippen LogP contribution in [0.1, 0.15) is 91.9 Å². The fraction of sp³-hybridized carbons (Fsp3) is 0.926. The predicted molar refractivity (Wildman–Crippen MR) is 121 cm³/mol. The van der Waals surface area contributed by atoms with Gasteiger partial charge >= 0.3 is 0 Å². The Morgan fingerprint density at radius 2 is 1.77 bits per heavy atom. The highest BCUT2D eigenvalue weighted by Gasteiger charge is 2.62. The maximum Gasteiger partial charge on any atom is 0.136 e. The van der Waals surface area contributed by atoms with Crippen molar-refractivity contribution in [1.82, 2.24) is 0 Å². The van der Waals surface area contributed by atoms with E-state index >= 15 is 0 Å². The lowest BCUT2D eigenvalue weighted by molar-refractivity contribution is -0.159. The third-order valence-corrected chi connectivity index (χ3v) is 11.1. The third-order valence-electron chi connectivity index (χ3n) is 11.1. The van der Waals surface area contributed by atoms with Crippen molar-refractivity contribution in [3.05, 3.63) is 0 Å². The molecule has 168 valence electrons. The molecule has 0 spiro atoms. The number of nitrogens with zero attached hydrogens (tertiary/aromatic N) is 1. The molecule has 3 nitrogen and oxygen atoms in total. The van der Waals surface area contributed by atoms with Gasteiger partial charge in [0.05, 0.1) is 6.10 Å². The first-order valence-electron chi connectivity index (χ1n) is 13.0. The first-order chi connectivity index (χ1) is 14.2. The fourth-order valence-electron chi connectivity index (χ4n) is 9.32. The van der Waals surface area contributed by atoms with Crippen molar-refractivity contribution in [3.8, 4) is 0 Å². The monoisotopic (exact) mass is 413 g/mol. The normalized spacial score (nSPS) is 52.1. The van der Waals surface area contributed by atoms with E-state index < -0.39 is 0 Å². The summed E-state index contributed by atoms with van der Waals surface area (Å²) >= 11 is 0. The Balaban J connectivity index is 1.39. The molecule has 0 aromatic carbocycles. The number of aliphatic imine (C=N–C) groups is 1. The van der Waals surface area contributed by atoms with E-state index in [1.54, 1.807) is 0 Å². The van der Waals surface area contributed by atoms with Gasteiger partial charge in [-0.3, -0.25) is 9.79 Å². The molecule has 5 rings (SSSR count). The molecule has 0 bridgehead atoms. The Morgan fingerprint density at radius 3 is 2.50 bits per heavy atom. The molecule has 4 saturated carbocycles. The summed E-state index contributed by atoms with van der Waals surface area (Å²) in [5, 5.41) is 10.2. The van der Waals surface area contributed by atoms with E-state index in [1.165, 1.54) is 44.2 Å². The second kappa shape index (κ2) is 7.42. The van der Waals surface area contributed by atoms with Crippen molar-refractivity contribution in [1.29, 1.82) is 0 Å². The fourth-order valence-corrected chi connectivity index (χ4v) is 9.32. The van der Waals surface area contributed by atoms with E-state index in [9.17, 15) is 9.90 Å². The first-order valence-corrected chi connectivity index (χ1v) is 13.0. The number of hydrogen-bond acceptors (Lipinski definition) is 3. The molecule has 0 saturated heterocycles. The maximum atomic E-state index is 13.3. The molecule has 10 atom stereocenters. The van der Waals surface area contributed by atoms with Gasteiger partial charge in [0, 0.05) is 24.6 Å². The maximum absolute atomic E-state index is 13.3. The van der Waals surface area contributed by atoms with Crippen LogP contribution in [-0.4, -0.2) is 29.3 Å². The first kappa shape index (κ1) is 21.2. The minimum atomic E-state index is -0.256. The van der Waals surface area contributed by atoms with Gasteiger partial charge in [0.25, 0.3) is 0 Å². The smallest absolute Gasteiger partial charge is 0.136 e. The van der Waals surface area contributed by atoms with Crippen LogP contribution in [0.4, 0.5) is 0 Å². The predicted octanol–water partition coefficient (Wildman–Crippen LogP) is 5.69. The number of carbonyl (C=O) groups is 1. The Hall–Kier alpha value is -0.700. The summed E-state index contributed by atoms with van der Waals surface area (Å²) in [6.45, 7) is 10.8. The highest BCUT2D eigenvalue weighted by Crippen LogP contribution is 2.67. The number of hydrogen-bond donors (Lipinski definition) is 1. The van der Waals surface area contributed by atoms with Crippen molar-refractivity contribution in [3.63, 3.8) is 0 Å². The molecule has 4 fully saturated rings. The van der Waals surface area contributed by atoms with Crippen molar-refractivity contribution < 1.29 is 9.90 Å². The average molecular weight is 414 g/mol. The van der Waals surface area contributed by atoms with E-state index in [2.05, 4.69) is 27.7 Å². The van der Waals surface area contributed by atoms with Crippen LogP contribution in [-0.2, 0) is 4.79 Å². The van der Waals surface area contributed by atoms with Crippen LogP contribution in [0.15, 0.2) is 4.99 Å². The molecule has 30 heavy (non-hydrogen) atoms. The zero-order valence-corrected chi connectivity index (χ0v) is 19.7. The topological polar surface area (TPSA) is 49.7 Å². The molecule has 0 aromatic rings. The van der Waals surface area contributed by atoms with E-state index in [4.69, 9.17) is 4.99 Å².